The molecule has 1 aromatic rings. The van der Waals surface area contributed by atoms with E-state index in [0.29, 0.717) is 12.1 Å². The number of carbonyl (C=O) groups is 1. The van der Waals surface area contributed by atoms with Crippen molar-refractivity contribution in [3.63, 3.8) is 0 Å². The maximum Gasteiger partial charge on any atom is 0.224 e. The van der Waals surface area contributed by atoms with Crippen LogP contribution in [0.15, 0.2) is 24.8 Å². The summed E-state index contributed by atoms with van der Waals surface area (Å²) >= 11 is 0. The molecule has 2 nitrogen and oxygen atoms in total. The molecule has 0 aliphatic carbocycles. The Kier molecular flexibility index (Phi) is 6.12. The predicted molar refractivity (Wildman–Crippen MR) is 72.7 cm³/mol. The Balaban J connectivity index is 2.46. The van der Waals surface area contributed by atoms with Crippen molar-refractivity contribution < 1.29 is 9.18 Å². The summed E-state index contributed by atoms with van der Waals surface area (Å²) < 4.78 is 13.2. The van der Waals surface area contributed by atoms with Gasteiger partial charge >= 0.3 is 0 Å². The third kappa shape index (κ3) is 4.70. The van der Waals surface area contributed by atoms with E-state index in [4.69, 9.17) is 0 Å². The molecule has 3 heteroatoms. The predicted octanol–water partition coefficient (Wildman–Crippen LogP) is 3.32. The number of rotatable bonds is 7. The van der Waals surface area contributed by atoms with E-state index in [1.165, 1.54) is 12.1 Å². The van der Waals surface area contributed by atoms with Crippen LogP contribution in [0.2, 0.25) is 0 Å². The Morgan fingerprint density at radius 3 is 2.89 bits per heavy atom. The van der Waals surface area contributed by atoms with Crippen LogP contribution in [0.5, 0.6) is 0 Å². The number of unbranched alkanes of at least 4 members (excludes halogenated alkanes) is 2. The number of carbonyl (C=O) groups excluding carboxylic acids is 1. The van der Waals surface area contributed by atoms with Crippen LogP contribution in [0, 0.1) is 5.82 Å². The Hall–Kier alpha value is -1.64. The van der Waals surface area contributed by atoms with Crippen LogP contribution in [0.1, 0.15) is 37.3 Å². The summed E-state index contributed by atoms with van der Waals surface area (Å²) in [5.74, 6) is -0.329. The van der Waals surface area contributed by atoms with Gasteiger partial charge in [-0.15, -0.1) is 0 Å². The lowest BCUT2D eigenvalue weighted by Crippen LogP contribution is -2.26. The van der Waals surface area contributed by atoms with Crippen LogP contribution in [0.25, 0.3) is 6.08 Å². The lowest BCUT2D eigenvalue weighted by Gasteiger charge is -2.06. The van der Waals surface area contributed by atoms with Crippen LogP contribution in [-0.4, -0.2) is 12.5 Å². The number of amides is 1. The highest BCUT2D eigenvalue weighted by Crippen LogP contribution is 2.12. The second-order valence-corrected chi connectivity index (χ2v) is 4.29. The van der Waals surface area contributed by atoms with Gasteiger partial charge in [-0.25, -0.2) is 4.39 Å². The molecular weight excluding hydrogens is 229 g/mol. The molecule has 18 heavy (non-hydrogen) atoms. The summed E-state index contributed by atoms with van der Waals surface area (Å²) in [4.78, 5) is 11.6. The van der Waals surface area contributed by atoms with Gasteiger partial charge < -0.3 is 5.32 Å². The monoisotopic (exact) mass is 249 g/mol. The average molecular weight is 249 g/mol. The number of hydrogen-bond acceptors (Lipinski definition) is 1. The number of hydrogen-bond donors (Lipinski definition) is 1. The van der Waals surface area contributed by atoms with Crippen molar-refractivity contribution in [2.75, 3.05) is 6.54 Å². The van der Waals surface area contributed by atoms with Gasteiger partial charge in [0, 0.05) is 12.1 Å². The molecule has 0 unspecified atom stereocenters. The highest BCUT2D eigenvalue weighted by molar-refractivity contribution is 5.78. The fraction of sp³-hybridized carbons (Fsp3) is 0.400. The molecule has 0 aromatic heterocycles. The fourth-order valence-corrected chi connectivity index (χ4v) is 1.71. The molecule has 0 fully saturated rings. The van der Waals surface area contributed by atoms with Crippen molar-refractivity contribution in [3.8, 4) is 0 Å². The summed E-state index contributed by atoms with van der Waals surface area (Å²) in [5, 5.41) is 2.86. The van der Waals surface area contributed by atoms with E-state index in [-0.39, 0.29) is 18.1 Å². The highest BCUT2D eigenvalue weighted by Gasteiger charge is 2.05. The minimum absolute atomic E-state index is 0.0206. The molecular formula is C15H20FNO. The molecule has 0 aliphatic rings. The maximum absolute atomic E-state index is 13.2. The lowest BCUT2D eigenvalue weighted by atomic mass is 10.1. The van der Waals surface area contributed by atoms with E-state index in [2.05, 4.69) is 18.8 Å². The van der Waals surface area contributed by atoms with Gasteiger partial charge in [-0.1, -0.05) is 38.5 Å². The second-order valence-electron chi connectivity index (χ2n) is 4.29. The molecule has 0 saturated heterocycles. The zero-order valence-corrected chi connectivity index (χ0v) is 10.8. The van der Waals surface area contributed by atoms with Gasteiger partial charge in [0.05, 0.1) is 6.42 Å². The fourth-order valence-electron chi connectivity index (χ4n) is 1.71. The van der Waals surface area contributed by atoms with E-state index in [9.17, 15) is 9.18 Å². The summed E-state index contributed by atoms with van der Waals surface area (Å²) in [6.45, 7) is 6.37. The zero-order chi connectivity index (χ0) is 13.4. The molecule has 0 heterocycles. The van der Waals surface area contributed by atoms with Crippen molar-refractivity contribution >= 4 is 12.0 Å². The molecule has 1 N–H and O–H groups in total. The molecule has 0 spiro atoms. The molecule has 98 valence electrons. The van der Waals surface area contributed by atoms with Crippen molar-refractivity contribution in [1.29, 1.82) is 0 Å². The number of halogens is 1. The Labute approximate surface area is 108 Å². The molecule has 1 rings (SSSR count). The molecule has 0 atom stereocenters. The third-order valence-corrected chi connectivity index (χ3v) is 2.75. The highest BCUT2D eigenvalue weighted by atomic mass is 19.1. The molecule has 1 aromatic carbocycles. The second kappa shape index (κ2) is 7.64. The van der Waals surface area contributed by atoms with Gasteiger partial charge in [0.2, 0.25) is 5.91 Å². The SMILES string of the molecule is C=Cc1cc(CC(=O)NCCCCC)ccc1F. The average Bonchev–Trinajstić information content (AvgIpc) is 2.37. The minimum Gasteiger partial charge on any atom is -0.356 e. The van der Waals surface area contributed by atoms with E-state index in [1.807, 2.05) is 0 Å². The molecule has 0 saturated carbocycles. The molecule has 0 radical (unpaired) electrons. The van der Waals surface area contributed by atoms with Crippen LogP contribution >= 0.6 is 0 Å². The maximum atomic E-state index is 13.2. The Morgan fingerprint density at radius 1 is 1.44 bits per heavy atom. The topological polar surface area (TPSA) is 29.1 Å². The van der Waals surface area contributed by atoms with E-state index >= 15 is 0 Å². The van der Waals surface area contributed by atoms with E-state index < -0.39 is 0 Å². The molecule has 1 amide bonds. The van der Waals surface area contributed by atoms with Crippen molar-refractivity contribution in [2.24, 2.45) is 0 Å². The molecule has 0 bridgehead atoms. The van der Waals surface area contributed by atoms with Crippen LogP contribution in [0.3, 0.4) is 0 Å². The lowest BCUT2D eigenvalue weighted by molar-refractivity contribution is -0.120. The summed E-state index contributed by atoms with van der Waals surface area (Å²) in [5.41, 5.74) is 1.24. The number of benzene rings is 1. The van der Waals surface area contributed by atoms with Crippen LogP contribution in [0.4, 0.5) is 4.39 Å². The standard InChI is InChI=1S/C15H20FNO/c1-3-5-6-9-17-15(18)11-12-7-8-14(16)13(4-2)10-12/h4,7-8,10H,2-3,5-6,9,11H2,1H3,(H,17,18). The number of nitrogens with one attached hydrogen (secondary N) is 1. The van der Waals surface area contributed by atoms with Gasteiger partial charge in [-0.05, 0) is 24.1 Å². The van der Waals surface area contributed by atoms with Crippen molar-refractivity contribution in [3.05, 3.63) is 41.7 Å². The Morgan fingerprint density at radius 2 is 2.22 bits per heavy atom. The van der Waals surface area contributed by atoms with Crippen molar-refractivity contribution in [1.82, 2.24) is 5.32 Å². The third-order valence-electron chi connectivity index (χ3n) is 2.75. The van der Waals surface area contributed by atoms with E-state index in [1.54, 1.807) is 12.1 Å². The quantitative estimate of drug-likeness (QED) is 0.738. The van der Waals surface area contributed by atoms with Gasteiger partial charge in [0.15, 0.2) is 0 Å². The summed E-state index contributed by atoms with van der Waals surface area (Å²) in [6, 6.07) is 4.67. The van der Waals surface area contributed by atoms with Gasteiger partial charge in [-0.3, -0.25) is 4.79 Å². The van der Waals surface area contributed by atoms with Crippen LogP contribution in [-0.2, 0) is 11.2 Å². The molecule has 0 aliphatic heterocycles. The first-order valence-electron chi connectivity index (χ1n) is 6.35. The minimum atomic E-state index is -0.308. The van der Waals surface area contributed by atoms with E-state index in [0.717, 1.165) is 24.8 Å². The first-order chi connectivity index (χ1) is 8.67. The first-order valence-corrected chi connectivity index (χ1v) is 6.35. The first kappa shape index (κ1) is 14.4. The summed E-state index contributed by atoms with van der Waals surface area (Å²) in [7, 11) is 0. The smallest absolute Gasteiger partial charge is 0.224 e. The van der Waals surface area contributed by atoms with Gasteiger partial charge in [-0.2, -0.15) is 0 Å². The zero-order valence-electron chi connectivity index (χ0n) is 10.8. The summed E-state index contributed by atoms with van der Waals surface area (Å²) in [6.07, 6.45) is 5.00. The van der Waals surface area contributed by atoms with Crippen molar-refractivity contribution in [2.45, 2.75) is 32.6 Å². The van der Waals surface area contributed by atoms with Gasteiger partial charge in [0.1, 0.15) is 5.82 Å². The van der Waals surface area contributed by atoms with Crippen LogP contribution < -0.4 is 5.32 Å². The normalized spacial score (nSPS) is 10.1. The largest absolute Gasteiger partial charge is 0.356 e. The Bertz CT molecular complexity index is 415. The van der Waals surface area contributed by atoms with Gasteiger partial charge in [0.25, 0.3) is 0 Å².